The van der Waals surface area contributed by atoms with E-state index >= 15 is 0 Å². The fraction of sp³-hybridized carbons (Fsp3) is 0.700. The minimum Gasteiger partial charge on any atom is -0.381 e. The maximum Gasteiger partial charge on any atom is 0.257 e. The lowest BCUT2D eigenvalue weighted by Crippen LogP contribution is -2.28. The van der Waals surface area contributed by atoms with Crippen molar-refractivity contribution in [1.29, 1.82) is 0 Å². The van der Waals surface area contributed by atoms with Crippen molar-refractivity contribution in [1.82, 2.24) is 9.78 Å². The minimum atomic E-state index is -2.36. The molecule has 16 heavy (non-hydrogen) atoms. The third-order valence-electron chi connectivity index (χ3n) is 2.54. The van der Waals surface area contributed by atoms with E-state index in [-0.39, 0.29) is 6.54 Å². The molecule has 1 aliphatic heterocycles. The van der Waals surface area contributed by atoms with Crippen molar-refractivity contribution in [2.24, 2.45) is 0 Å². The van der Waals surface area contributed by atoms with Gasteiger partial charge in [0.05, 0.1) is 0 Å². The van der Waals surface area contributed by atoms with Gasteiger partial charge in [0.2, 0.25) is 0 Å². The summed E-state index contributed by atoms with van der Waals surface area (Å²) >= 11 is 0. The number of halogens is 2. The number of hydrogen-bond donors (Lipinski definition) is 1. The molecule has 1 fully saturated rings. The van der Waals surface area contributed by atoms with Crippen molar-refractivity contribution in [2.45, 2.75) is 31.9 Å². The summed E-state index contributed by atoms with van der Waals surface area (Å²) in [5, 5.41) is 7.25. The predicted octanol–water partition coefficient (Wildman–Crippen LogP) is 1.74. The summed E-state index contributed by atoms with van der Waals surface area (Å²) in [5.74, 6) is 0.660. The van der Waals surface area contributed by atoms with Crippen LogP contribution in [0, 0.1) is 0 Å². The minimum absolute atomic E-state index is 0.337. The van der Waals surface area contributed by atoms with E-state index in [2.05, 4.69) is 10.4 Å². The monoisotopic (exact) mass is 231 g/mol. The van der Waals surface area contributed by atoms with Gasteiger partial charge in [0.15, 0.2) is 0 Å². The van der Waals surface area contributed by atoms with Crippen molar-refractivity contribution in [3.63, 3.8) is 0 Å². The highest BCUT2D eigenvalue weighted by molar-refractivity contribution is 5.33. The Bertz CT molecular complexity index is 324. The highest BCUT2D eigenvalue weighted by Gasteiger charge is 2.14. The lowest BCUT2D eigenvalue weighted by Gasteiger charge is -2.22. The number of rotatable bonds is 4. The Balaban J connectivity index is 1.86. The van der Waals surface area contributed by atoms with Crippen molar-refractivity contribution in [3.05, 3.63) is 12.3 Å². The maximum atomic E-state index is 12.1. The Morgan fingerprint density at radius 2 is 2.25 bits per heavy atom. The van der Waals surface area contributed by atoms with Gasteiger partial charge in [-0.1, -0.05) is 0 Å². The van der Waals surface area contributed by atoms with E-state index in [0.29, 0.717) is 11.9 Å². The molecule has 0 spiro atoms. The molecule has 0 bridgehead atoms. The predicted molar refractivity (Wildman–Crippen MR) is 55.7 cm³/mol. The second kappa shape index (κ2) is 5.25. The molecule has 0 aliphatic carbocycles. The largest absolute Gasteiger partial charge is 0.381 e. The van der Waals surface area contributed by atoms with Crippen LogP contribution in [0.4, 0.5) is 14.6 Å². The van der Waals surface area contributed by atoms with E-state index in [0.717, 1.165) is 26.1 Å². The smallest absolute Gasteiger partial charge is 0.257 e. The third kappa shape index (κ3) is 3.16. The Kier molecular flexibility index (Phi) is 3.71. The van der Waals surface area contributed by atoms with Gasteiger partial charge in [-0.25, -0.2) is 8.78 Å². The Morgan fingerprint density at radius 1 is 1.50 bits per heavy atom. The number of nitrogens with one attached hydrogen (secondary N) is 1. The van der Waals surface area contributed by atoms with Gasteiger partial charge < -0.3 is 10.1 Å². The molecule has 1 aliphatic rings. The van der Waals surface area contributed by atoms with E-state index < -0.39 is 6.43 Å². The van der Waals surface area contributed by atoms with E-state index in [9.17, 15) is 8.78 Å². The number of nitrogens with zero attached hydrogens (tertiary/aromatic N) is 2. The SMILES string of the molecule is FC(F)Cn1ccc(NC2CCOCC2)n1. The summed E-state index contributed by atoms with van der Waals surface area (Å²) in [7, 11) is 0. The summed E-state index contributed by atoms with van der Waals surface area (Å²) in [4.78, 5) is 0. The summed E-state index contributed by atoms with van der Waals surface area (Å²) in [5.41, 5.74) is 0. The highest BCUT2D eigenvalue weighted by Crippen LogP contribution is 2.13. The molecule has 0 radical (unpaired) electrons. The Labute approximate surface area is 92.6 Å². The molecule has 0 aromatic carbocycles. The van der Waals surface area contributed by atoms with Crippen LogP contribution < -0.4 is 5.32 Å². The van der Waals surface area contributed by atoms with Gasteiger partial charge in [-0.05, 0) is 12.8 Å². The average molecular weight is 231 g/mol. The van der Waals surface area contributed by atoms with Crippen molar-refractivity contribution < 1.29 is 13.5 Å². The number of ether oxygens (including phenoxy) is 1. The van der Waals surface area contributed by atoms with E-state index in [4.69, 9.17) is 4.74 Å². The van der Waals surface area contributed by atoms with Crippen LogP contribution in [0.5, 0.6) is 0 Å². The molecule has 1 aromatic rings. The van der Waals surface area contributed by atoms with Crippen molar-refractivity contribution in [2.75, 3.05) is 18.5 Å². The van der Waals surface area contributed by atoms with Crippen molar-refractivity contribution in [3.8, 4) is 0 Å². The molecule has 1 N–H and O–H groups in total. The van der Waals surface area contributed by atoms with Gasteiger partial charge in [-0.3, -0.25) is 4.68 Å². The van der Waals surface area contributed by atoms with Gasteiger partial charge >= 0.3 is 0 Å². The van der Waals surface area contributed by atoms with Gasteiger partial charge in [-0.15, -0.1) is 0 Å². The van der Waals surface area contributed by atoms with Crippen LogP contribution in [0.1, 0.15) is 12.8 Å². The van der Waals surface area contributed by atoms with Gasteiger partial charge in [0.25, 0.3) is 6.43 Å². The molecule has 0 atom stereocenters. The van der Waals surface area contributed by atoms with Gasteiger partial charge in [0.1, 0.15) is 12.4 Å². The van der Waals surface area contributed by atoms with Crippen molar-refractivity contribution >= 4 is 5.82 Å². The molecule has 90 valence electrons. The number of hydrogen-bond acceptors (Lipinski definition) is 3. The zero-order chi connectivity index (χ0) is 11.4. The molecular weight excluding hydrogens is 216 g/mol. The molecule has 0 saturated carbocycles. The van der Waals surface area contributed by atoms with Crippen LogP contribution in [0.2, 0.25) is 0 Å². The van der Waals surface area contributed by atoms with Crippen LogP contribution in [-0.4, -0.2) is 35.5 Å². The summed E-state index contributed by atoms with van der Waals surface area (Å²) in [6.45, 7) is 1.14. The van der Waals surface area contributed by atoms with Crippen LogP contribution in [0.15, 0.2) is 12.3 Å². The number of alkyl halides is 2. The van der Waals surface area contributed by atoms with E-state index in [1.165, 1.54) is 4.68 Å². The molecular formula is C10H15F2N3O. The zero-order valence-electron chi connectivity index (χ0n) is 8.90. The first-order valence-electron chi connectivity index (χ1n) is 5.40. The van der Waals surface area contributed by atoms with E-state index in [1.54, 1.807) is 12.3 Å². The lowest BCUT2D eigenvalue weighted by atomic mass is 10.1. The molecule has 2 heterocycles. The molecule has 2 rings (SSSR count). The average Bonchev–Trinajstić information content (AvgIpc) is 2.66. The van der Waals surface area contributed by atoms with Crippen LogP contribution in [0.25, 0.3) is 0 Å². The number of anilines is 1. The third-order valence-corrected chi connectivity index (χ3v) is 2.54. The quantitative estimate of drug-likeness (QED) is 0.857. The van der Waals surface area contributed by atoms with Crippen LogP contribution in [-0.2, 0) is 11.3 Å². The lowest BCUT2D eigenvalue weighted by molar-refractivity contribution is 0.0903. The van der Waals surface area contributed by atoms with Crippen LogP contribution >= 0.6 is 0 Å². The summed E-state index contributed by atoms with van der Waals surface area (Å²) < 4.78 is 30.7. The molecule has 1 saturated heterocycles. The fourth-order valence-electron chi connectivity index (χ4n) is 1.73. The topological polar surface area (TPSA) is 39.1 Å². The Hall–Kier alpha value is -1.17. The second-order valence-corrected chi connectivity index (χ2v) is 3.85. The van der Waals surface area contributed by atoms with Gasteiger partial charge in [0, 0.05) is 31.5 Å². The molecule has 4 nitrogen and oxygen atoms in total. The molecule has 1 aromatic heterocycles. The standard InChI is InChI=1S/C10H15F2N3O/c11-9(12)7-15-4-1-10(14-15)13-8-2-5-16-6-3-8/h1,4,8-9H,2-3,5-7H2,(H,13,14). The second-order valence-electron chi connectivity index (χ2n) is 3.85. The first kappa shape index (κ1) is 11.3. The molecule has 6 heteroatoms. The molecule has 0 amide bonds. The highest BCUT2D eigenvalue weighted by atomic mass is 19.3. The maximum absolute atomic E-state index is 12.1. The number of aromatic nitrogens is 2. The fourth-order valence-corrected chi connectivity index (χ4v) is 1.73. The summed E-state index contributed by atoms with van der Waals surface area (Å²) in [6, 6.07) is 2.06. The van der Waals surface area contributed by atoms with E-state index in [1.807, 2.05) is 0 Å². The van der Waals surface area contributed by atoms with Gasteiger partial charge in [-0.2, -0.15) is 5.10 Å². The van der Waals surface area contributed by atoms with Crippen LogP contribution in [0.3, 0.4) is 0 Å². The first-order valence-corrected chi connectivity index (χ1v) is 5.40. The normalized spacial score (nSPS) is 17.9. The molecule has 0 unspecified atom stereocenters. The first-order chi connectivity index (χ1) is 7.74. The Morgan fingerprint density at radius 3 is 2.94 bits per heavy atom. The summed E-state index contributed by atoms with van der Waals surface area (Å²) in [6.07, 6.45) is 1.06. The zero-order valence-corrected chi connectivity index (χ0v) is 8.90.